The molecule has 1 saturated heterocycles. The van der Waals surface area contributed by atoms with Crippen LogP contribution >= 0.6 is 0 Å². The van der Waals surface area contributed by atoms with Gasteiger partial charge in [0.2, 0.25) is 0 Å². The fraction of sp³-hybridized carbons (Fsp3) is 0.909. The molecule has 0 aromatic carbocycles. The summed E-state index contributed by atoms with van der Waals surface area (Å²) in [5.41, 5.74) is 0.174. The number of carbonyl (C=O) groups is 1. The molecule has 1 aliphatic heterocycles. The van der Waals surface area contributed by atoms with Crippen molar-refractivity contribution in [3.05, 3.63) is 0 Å². The third kappa shape index (κ3) is 1.23. The molecule has 2 heteroatoms. The monoisotopic (exact) mass is 182 g/mol. The minimum absolute atomic E-state index is 0.0482. The van der Waals surface area contributed by atoms with E-state index in [0.717, 1.165) is 26.1 Å². The standard InChI is InChI=1S/C11H18O2/c1-10(2)7-11(10,8-12)9-4-3-5-13-6-9/h8-9H,3-7H2,1-2H3. The molecule has 2 nitrogen and oxygen atoms in total. The summed E-state index contributed by atoms with van der Waals surface area (Å²) in [6, 6.07) is 0. The van der Waals surface area contributed by atoms with Crippen molar-refractivity contribution in [3.8, 4) is 0 Å². The van der Waals surface area contributed by atoms with Crippen LogP contribution < -0.4 is 0 Å². The van der Waals surface area contributed by atoms with Crippen molar-refractivity contribution >= 4 is 6.29 Å². The van der Waals surface area contributed by atoms with Gasteiger partial charge in [-0.1, -0.05) is 13.8 Å². The molecule has 0 bridgehead atoms. The Morgan fingerprint density at radius 2 is 2.15 bits per heavy atom. The van der Waals surface area contributed by atoms with E-state index in [1.807, 2.05) is 0 Å². The van der Waals surface area contributed by atoms with Gasteiger partial charge in [0.1, 0.15) is 6.29 Å². The summed E-state index contributed by atoms with van der Waals surface area (Å²) < 4.78 is 5.44. The van der Waals surface area contributed by atoms with Gasteiger partial charge in [-0.3, -0.25) is 0 Å². The average Bonchev–Trinajstić information content (AvgIpc) is 2.72. The predicted molar refractivity (Wildman–Crippen MR) is 50.4 cm³/mol. The zero-order valence-electron chi connectivity index (χ0n) is 8.51. The fourth-order valence-corrected chi connectivity index (χ4v) is 2.83. The molecular formula is C11H18O2. The Bertz CT molecular complexity index is 216. The van der Waals surface area contributed by atoms with Gasteiger partial charge in [-0.25, -0.2) is 0 Å². The summed E-state index contributed by atoms with van der Waals surface area (Å²) in [6.07, 6.45) is 4.53. The first kappa shape index (κ1) is 9.20. The lowest BCUT2D eigenvalue weighted by atomic mass is 9.80. The third-order valence-corrected chi connectivity index (χ3v) is 3.97. The largest absolute Gasteiger partial charge is 0.381 e. The van der Waals surface area contributed by atoms with Crippen molar-refractivity contribution in [2.45, 2.75) is 33.1 Å². The zero-order valence-corrected chi connectivity index (χ0v) is 8.51. The molecule has 0 amide bonds. The number of ether oxygens (including phenoxy) is 1. The van der Waals surface area contributed by atoms with Crippen LogP contribution in [0.2, 0.25) is 0 Å². The van der Waals surface area contributed by atoms with E-state index >= 15 is 0 Å². The van der Waals surface area contributed by atoms with Crippen molar-refractivity contribution in [1.29, 1.82) is 0 Å². The minimum atomic E-state index is -0.0482. The summed E-state index contributed by atoms with van der Waals surface area (Å²) in [7, 11) is 0. The second kappa shape index (κ2) is 2.81. The molecule has 74 valence electrons. The van der Waals surface area contributed by atoms with Crippen LogP contribution in [0.3, 0.4) is 0 Å². The second-order valence-corrected chi connectivity index (χ2v) is 5.13. The molecule has 2 rings (SSSR count). The van der Waals surface area contributed by atoms with Gasteiger partial charge < -0.3 is 9.53 Å². The van der Waals surface area contributed by atoms with E-state index in [9.17, 15) is 4.79 Å². The predicted octanol–water partition coefficient (Wildman–Crippen LogP) is 2.03. The van der Waals surface area contributed by atoms with E-state index in [2.05, 4.69) is 13.8 Å². The first-order chi connectivity index (χ1) is 6.12. The van der Waals surface area contributed by atoms with Gasteiger partial charge in [0.25, 0.3) is 0 Å². The maximum absolute atomic E-state index is 11.1. The molecule has 2 atom stereocenters. The number of hydrogen-bond donors (Lipinski definition) is 0. The normalized spacial score (nSPS) is 42.8. The van der Waals surface area contributed by atoms with Gasteiger partial charge in [0.15, 0.2) is 0 Å². The highest BCUT2D eigenvalue weighted by molar-refractivity contribution is 5.67. The van der Waals surface area contributed by atoms with Gasteiger partial charge in [0, 0.05) is 12.0 Å². The second-order valence-electron chi connectivity index (χ2n) is 5.13. The van der Waals surface area contributed by atoms with Crippen molar-refractivity contribution in [3.63, 3.8) is 0 Å². The van der Waals surface area contributed by atoms with E-state index in [1.165, 1.54) is 12.7 Å². The number of rotatable bonds is 2. The van der Waals surface area contributed by atoms with Gasteiger partial charge in [0.05, 0.1) is 6.61 Å². The first-order valence-corrected chi connectivity index (χ1v) is 5.16. The number of carbonyl (C=O) groups excluding carboxylic acids is 1. The molecule has 2 unspecified atom stereocenters. The molecule has 2 fully saturated rings. The van der Waals surface area contributed by atoms with Crippen LogP contribution in [0, 0.1) is 16.7 Å². The molecule has 1 aliphatic carbocycles. The van der Waals surface area contributed by atoms with Crippen molar-refractivity contribution in [2.24, 2.45) is 16.7 Å². The lowest BCUT2D eigenvalue weighted by molar-refractivity contribution is -0.117. The SMILES string of the molecule is CC1(C)CC1(C=O)C1CCCOC1. The van der Waals surface area contributed by atoms with E-state index in [-0.39, 0.29) is 10.8 Å². The van der Waals surface area contributed by atoms with Crippen molar-refractivity contribution in [2.75, 3.05) is 13.2 Å². The van der Waals surface area contributed by atoms with Crippen LogP contribution in [0.1, 0.15) is 33.1 Å². The molecule has 1 saturated carbocycles. The van der Waals surface area contributed by atoms with Crippen molar-refractivity contribution < 1.29 is 9.53 Å². The van der Waals surface area contributed by atoms with Crippen LogP contribution in [0.4, 0.5) is 0 Å². The molecule has 2 aliphatic rings. The molecule has 0 N–H and O–H groups in total. The molecule has 0 aromatic heterocycles. The Labute approximate surface area is 79.7 Å². The highest BCUT2D eigenvalue weighted by atomic mass is 16.5. The van der Waals surface area contributed by atoms with Crippen LogP contribution in [0.25, 0.3) is 0 Å². The van der Waals surface area contributed by atoms with E-state index < -0.39 is 0 Å². The Hall–Kier alpha value is -0.370. The summed E-state index contributed by atoms with van der Waals surface area (Å²) in [5.74, 6) is 0.480. The topological polar surface area (TPSA) is 26.3 Å². The first-order valence-electron chi connectivity index (χ1n) is 5.16. The lowest BCUT2D eigenvalue weighted by Gasteiger charge is -2.29. The van der Waals surface area contributed by atoms with E-state index in [0.29, 0.717) is 5.92 Å². The fourth-order valence-electron chi connectivity index (χ4n) is 2.83. The summed E-state index contributed by atoms with van der Waals surface area (Å²) >= 11 is 0. The molecule has 0 aromatic rings. The van der Waals surface area contributed by atoms with Gasteiger partial charge in [-0.05, 0) is 30.6 Å². The third-order valence-electron chi connectivity index (χ3n) is 3.97. The minimum Gasteiger partial charge on any atom is -0.381 e. The Balaban J connectivity index is 2.09. The summed E-state index contributed by atoms with van der Waals surface area (Å²) in [6.45, 7) is 6.06. The molecule has 13 heavy (non-hydrogen) atoms. The van der Waals surface area contributed by atoms with Crippen LogP contribution in [-0.2, 0) is 9.53 Å². The molecule has 0 spiro atoms. The highest BCUT2D eigenvalue weighted by Gasteiger charge is 2.65. The Morgan fingerprint density at radius 1 is 1.46 bits per heavy atom. The van der Waals surface area contributed by atoms with E-state index in [1.54, 1.807) is 0 Å². The summed E-state index contributed by atoms with van der Waals surface area (Å²) in [4.78, 5) is 11.1. The molecular weight excluding hydrogens is 164 g/mol. The van der Waals surface area contributed by atoms with Gasteiger partial charge in [-0.15, -0.1) is 0 Å². The van der Waals surface area contributed by atoms with Gasteiger partial charge >= 0.3 is 0 Å². The zero-order chi connectivity index (χ0) is 9.53. The van der Waals surface area contributed by atoms with Crippen LogP contribution in [0.15, 0.2) is 0 Å². The summed E-state index contributed by atoms with van der Waals surface area (Å²) in [5, 5.41) is 0. The number of hydrogen-bond acceptors (Lipinski definition) is 2. The average molecular weight is 182 g/mol. The quantitative estimate of drug-likeness (QED) is 0.611. The van der Waals surface area contributed by atoms with Crippen LogP contribution in [-0.4, -0.2) is 19.5 Å². The Kier molecular flexibility index (Phi) is 1.99. The number of aldehydes is 1. The maximum atomic E-state index is 11.1. The smallest absolute Gasteiger partial charge is 0.127 e. The maximum Gasteiger partial charge on any atom is 0.127 e. The van der Waals surface area contributed by atoms with Gasteiger partial charge in [-0.2, -0.15) is 0 Å². The molecule has 0 radical (unpaired) electrons. The van der Waals surface area contributed by atoms with E-state index in [4.69, 9.17) is 4.74 Å². The van der Waals surface area contributed by atoms with Crippen molar-refractivity contribution in [1.82, 2.24) is 0 Å². The van der Waals surface area contributed by atoms with Crippen LogP contribution in [0.5, 0.6) is 0 Å². The highest BCUT2D eigenvalue weighted by Crippen LogP contribution is 2.67. The lowest BCUT2D eigenvalue weighted by Crippen LogP contribution is -2.30. The Morgan fingerprint density at radius 3 is 2.54 bits per heavy atom. The molecule has 1 heterocycles.